The molecule has 1 amide bonds. The van der Waals surface area contributed by atoms with Gasteiger partial charge >= 0.3 is 0 Å². The zero-order valence-electron chi connectivity index (χ0n) is 12.7. The molecule has 0 radical (unpaired) electrons. The van der Waals surface area contributed by atoms with E-state index < -0.39 is 26.7 Å². The second-order valence-electron chi connectivity index (χ2n) is 5.24. The highest BCUT2D eigenvalue weighted by Gasteiger charge is 2.20. The lowest BCUT2D eigenvalue weighted by Crippen LogP contribution is -2.27. The first kappa shape index (κ1) is 16.6. The highest BCUT2D eigenvalue weighted by Crippen LogP contribution is 2.24. The van der Waals surface area contributed by atoms with E-state index in [0.717, 1.165) is 16.3 Å². The molecule has 0 aliphatic carbocycles. The summed E-state index contributed by atoms with van der Waals surface area (Å²) in [6.07, 6.45) is 0. The van der Waals surface area contributed by atoms with E-state index in [4.69, 9.17) is 0 Å². The van der Waals surface area contributed by atoms with Gasteiger partial charge in [0.25, 0.3) is 0 Å². The molecule has 1 heterocycles. The number of sulfone groups is 1. The molecule has 0 spiro atoms. The van der Waals surface area contributed by atoms with Crippen LogP contribution in [0.25, 0.3) is 11.3 Å². The fourth-order valence-corrected chi connectivity index (χ4v) is 3.19. The van der Waals surface area contributed by atoms with Crippen molar-refractivity contribution in [2.24, 2.45) is 0 Å². The van der Waals surface area contributed by atoms with Gasteiger partial charge in [0.1, 0.15) is 5.75 Å². The van der Waals surface area contributed by atoms with Crippen LogP contribution in [0, 0.1) is 6.92 Å². The summed E-state index contributed by atoms with van der Waals surface area (Å²) in [5, 5.41) is 4.97. The van der Waals surface area contributed by atoms with Crippen LogP contribution in [0.5, 0.6) is 0 Å². The van der Waals surface area contributed by atoms with Crippen molar-refractivity contribution in [2.75, 3.05) is 11.1 Å². The number of aromatic nitrogens is 1. The second-order valence-corrected chi connectivity index (χ2v) is 8.86. The minimum Gasteiger partial charge on any atom is -0.325 e. The van der Waals surface area contributed by atoms with E-state index >= 15 is 0 Å². The monoisotopic (exact) mass is 338 g/mol. The third-order valence-electron chi connectivity index (χ3n) is 3.11. The number of thiazole rings is 1. The fourth-order valence-electron chi connectivity index (χ4n) is 1.80. The number of carbonyl (C=O) groups is 1. The Labute approximate surface area is 134 Å². The Morgan fingerprint density at radius 3 is 2.68 bits per heavy atom. The van der Waals surface area contributed by atoms with Crippen molar-refractivity contribution >= 4 is 32.8 Å². The molecule has 2 aromatic rings. The lowest BCUT2D eigenvalue weighted by molar-refractivity contribution is -0.113. The summed E-state index contributed by atoms with van der Waals surface area (Å²) >= 11 is 1.55. The van der Waals surface area contributed by atoms with Crippen LogP contribution in [0.15, 0.2) is 29.6 Å². The predicted octanol–water partition coefficient (Wildman–Crippen LogP) is 2.88. The Morgan fingerprint density at radius 2 is 2.09 bits per heavy atom. The van der Waals surface area contributed by atoms with Crippen LogP contribution in [0.3, 0.4) is 0 Å². The minimum atomic E-state index is -3.40. The van der Waals surface area contributed by atoms with Gasteiger partial charge in [-0.25, -0.2) is 13.4 Å². The zero-order valence-corrected chi connectivity index (χ0v) is 14.3. The van der Waals surface area contributed by atoms with Crippen LogP contribution < -0.4 is 5.32 Å². The van der Waals surface area contributed by atoms with Crippen molar-refractivity contribution in [2.45, 2.75) is 26.0 Å². The number of amides is 1. The average Bonchev–Trinajstić information content (AvgIpc) is 2.85. The van der Waals surface area contributed by atoms with Gasteiger partial charge < -0.3 is 5.32 Å². The van der Waals surface area contributed by atoms with E-state index in [0.29, 0.717) is 5.69 Å². The molecule has 1 aromatic heterocycles. The van der Waals surface area contributed by atoms with Crippen molar-refractivity contribution < 1.29 is 13.2 Å². The van der Waals surface area contributed by atoms with Gasteiger partial charge in [-0.3, -0.25) is 4.79 Å². The summed E-state index contributed by atoms with van der Waals surface area (Å²) in [4.78, 5) is 16.3. The fraction of sp³-hybridized carbons (Fsp3) is 0.333. The summed E-state index contributed by atoms with van der Waals surface area (Å²) in [5.74, 6) is -1.04. The first-order valence-corrected chi connectivity index (χ1v) is 9.41. The average molecular weight is 338 g/mol. The lowest BCUT2D eigenvalue weighted by Gasteiger charge is -2.09. The van der Waals surface area contributed by atoms with E-state index in [1.807, 2.05) is 18.4 Å². The SMILES string of the molecule is Cc1nc(-c2cccc(NC(=O)CS(=O)(=O)C(C)C)c2)cs1. The topological polar surface area (TPSA) is 76.1 Å². The quantitative estimate of drug-likeness (QED) is 0.909. The van der Waals surface area contributed by atoms with E-state index in [1.54, 1.807) is 43.4 Å². The highest BCUT2D eigenvalue weighted by atomic mass is 32.2. The third kappa shape index (κ3) is 4.14. The zero-order chi connectivity index (χ0) is 16.3. The molecule has 2 rings (SSSR count). The number of carbonyl (C=O) groups excluding carboxylic acids is 1. The molecule has 118 valence electrons. The molecule has 1 N–H and O–H groups in total. The Kier molecular flexibility index (Phi) is 4.97. The standard InChI is InChI=1S/C15H18N2O3S2/c1-10(2)22(19,20)9-15(18)17-13-6-4-5-12(7-13)14-8-21-11(3)16-14/h4-8,10H,9H2,1-3H3,(H,17,18). The third-order valence-corrected chi connectivity index (χ3v) is 5.99. The summed E-state index contributed by atoms with van der Waals surface area (Å²) < 4.78 is 23.5. The predicted molar refractivity (Wildman–Crippen MR) is 89.8 cm³/mol. The van der Waals surface area contributed by atoms with E-state index in [2.05, 4.69) is 10.3 Å². The van der Waals surface area contributed by atoms with Gasteiger partial charge in [-0.1, -0.05) is 12.1 Å². The molecule has 22 heavy (non-hydrogen) atoms. The van der Waals surface area contributed by atoms with Crippen molar-refractivity contribution in [1.82, 2.24) is 4.98 Å². The molecule has 0 saturated heterocycles. The van der Waals surface area contributed by atoms with Gasteiger partial charge in [-0.2, -0.15) is 0 Å². The lowest BCUT2D eigenvalue weighted by atomic mass is 10.1. The van der Waals surface area contributed by atoms with Gasteiger partial charge in [-0.05, 0) is 32.9 Å². The normalized spacial score (nSPS) is 11.6. The summed E-state index contributed by atoms with van der Waals surface area (Å²) in [6, 6.07) is 7.21. The number of anilines is 1. The summed E-state index contributed by atoms with van der Waals surface area (Å²) in [7, 11) is -3.40. The maximum atomic E-state index is 11.9. The molecule has 0 aliphatic rings. The molecule has 0 aliphatic heterocycles. The Morgan fingerprint density at radius 1 is 1.36 bits per heavy atom. The van der Waals surface area contributed by atoms with Crippen molar-refractivity contribution in [3.63, 3.8) is 0 Å². The molecular formula is C15H18N2O3S2. The molecule has 7 heteroatoms. The van der Waals surface area contributed by atoms with Crippen LogP contribution in [0.2, 0.25) is 0 Å². The maximum absolute atomic E-state index is 11.9. The number of nitrogens with zero attached hydrogens (tertiary/aromatic N) is 1. The summed E-state index contributed by atoms with van der Waals surface area (Å²) in [6.45, 7) is 5.05. The Hall–Kier alpha value is -1.73. The van der Waals surface area contributed by atoms with Crippen molar-refractivity contribution in [3.8, 4) is 11.3 Å². The van der Waals surface area contributed by atoms with Crippen LogP contribution in [-0.2, 0) is 14.6 Å². The van der Waals surface area contributed by atoms with Gasteiger partial charge in [-0.15, -0.1) is 11.3 Å². The van der Waals surface area contributed by atoms with E-state index in [-0.39, 0.29) is 0 Å². The molecule has 0 saturated carbocycles. The molecule has 0 unspecified atom stereocenters. The van der Waals surface area contributed by atoms with E-state index in [1.165, 1.54) is 0 Å². The van der Waals surface area contributed by atoms with Crippen LogP contribution in [0.4, 0.5) is 5.69 Å². The Bertz CT molecular complexity index is 780. The number of rotatable bonds is 5. The molecular weight excluding hydrogens is 320 g/mol. The van der Waals surface area contributed by atoms with Gasteiger partial charge in [0.15, 0.2) is 9.84 Å². The number of nitrogens with one attached hydrogen (secondary N) is 1. The first-order valence-electron chi connectivity index (χ1n) is 6.82. The number of aryl methyl sites for hydroxylation is 1. The Balaban J connectivity index is 2.12. The second kappa shape index (κ2) is 6.58. The number of hydrogen-bond acceptors (Lipinski definition) is 5. The maximum Gasteiger partial charge on any atom is 0.239 e. The smallest absolute Gasteiger partial charge is 0.239 e. The van der Waals surface area contributed by atoms with Crippen LogP contribution in [0.1, 0.15) is 18.9 Å². The number of hydrogen-bond donors (Lipinski definition) is 1. The molecule has 0 atom stereocenters. The van der Waals surface area contributed by atoms with E-state index in [9.17, 15) is 13.2 Å². The van der Waals surface area contributed by atoms with Gasteiger partial charge in [0, 0.05) is 16.6 Å². The minimum absolute atomic E-state index is 0.509. The van der Waals surface area contributed by atoms with Gasteiger partial charge in [0.05, 0.1) is 16.0 Å². The van der Waals surface area contributed by atoms with Gasteiger partial charge in [0.2, 0.25) is 5.91 Å². The number of benzene rings is 1. The molecule has 5 nitrogen and oxygen atoms in total. The largest absolute Gasteiger partial charge is 0.325 e. The summed E-state index contributed by atoms with van der Waals surface area (Å²) in [5.41, 5.74) is 2.29. The van der Waals surface area contributed by atoms with Crippen LogP contribution in [-0.4, -0.2) is 30.3 Å². The van der Waals surface area contributed by atoms with Crippen molar-refractivity contribution in [1.29, 1.82) is 0 Å². The molecule has 0 fully saturated rings. The molecule has 0 bridgehead atoms. The van der Waals surface area contributed by atoms with Crippen molar-refractivity contribution in [3.05, 3.63) is 34.7 Å². The first-order chi connectivity index (χ1) is 10.3. The molecule has 1 aromatic carbocycles. The van der Waals surface area contributed by atoms with Crippen LogP contribution >= 0.6 is 11.3 Å². The highest BCUT2D eigenvalue weighted by molar-refractivity contribution is 7.92.